The van der Waals surface area contributed by atoms with E-state index in [1.165, 1.54) is 4.43 Å². The number of halogens is 1. The Balaban J connectivity index is 2.61. The summed E-state index contributed by atoms with van der Waals surface area (Å²) >= 11 is -0.568. The zero-order valence-corrected chi connectivity index (χ0v) is 6.59. The van der Waals surface area contributed by atoms with Crippen molar-refractivity contribution in [1.82, 2.24) is 0 Å². The van der Waals surface area contributed by atoms with Gasteiger partial charge in [0.25, 0.3) is 0 Å². The van der Waals surface area contributed by atoms with E-state index in [2.05, 4.69) is 0 Å². The van der Waals surface area contributed by atoms with Crippen LogP contribution in [0.3, 0.4) is 0 Å². The van der Waals surface area contributed by atoms with Gasteiger partial charge in [0, 0.05) is 5.54 Å². The first-order valence-electron chi connectivity index (χ1n) is 3.03. The van der Waals surface area contributed by atoms with Crippen LogP contribution in [-0.2, 0) is 0 Å². The van der Waals surface area contributed by atoms with Crippen molar-refractivity contribution in [1.29, 1.82) is 0 Å². The Morgan fingerprint density at radius 3 is 2.44 bits per heavy atom. The Kier molecular flexibility index (Phi) is 2.76. The molecule has 0 aromatic heterocycles. The predicted octanol–water partition coefficient (Wildman–Crippen LogP) is 0.675. The second-order valence-corrected chi connectivity index (χ2v) is 3.62. The molecule has 0 bridgehead atoms. The lowest BCUT2D eigenvalue weighted by Gasteiger charge is -1.89. The van der Waals surface area contributed by atoms with E-state index in [-0.39, 0.29) is 5.54 Å². The van der Waals surface area contributed by atoms with Gasteiger partial charge in [-0.3, -0.25) is 4.39 Å². The van der Waals surface area contributed by atoms with Gasteiger partial charge in [0.15, 0.2) is 0 Å². The van der Waals surface area contributed by atoms with E-state index >= 15 is 0 Å². The van der Waals surface area contributed by atoms with Crippen LogP contribution in [-0.4, -0.2) is 20.8 Å². The van der Waals surface area contributed by atoms with Crippen molar-refractivity contribution in [3.8, 4) is 0 Å². The Morgan fingerprint density at radius 2 is 1.89 bits per heavy atom. The van der Waals surface area contributed by atoms with Gasteiger partial charge < -0.3 is 0 Å². The van der Waals surface area contributed by atoms with Gasteiger partial charge in [-0.05, 0) is 0 Å². The Bertz CT molecular complexity index is 162. The first kappa shape index (κ1) is 6.80. The van der Waals surface area contributed by atoms with Gasteiger partial charge in [0.1, 0.15) is 0 Å². The molecule has 9 heavy (non-hydrogen) atoms. The van der Waals surface area contributed by atoms with Crippen molar-refractivity contribution < 1.29 is 4.39 Å². The Hall–Kier alpha value is -0.318. The average Bonchev–Trinajstić information content (AvgIpc) is 1.91. The van der Waals surface area contributed by atoms with Gasteiger partial charge in [-0.1, -0.05) is 30.3 Å². The van der Waals surface area contributed by atoms with Crippen molar-refractivity contribution in [3.05, 3.63) is 30.3 Å². The molecule has 0 aliphatic carbocycles. The van der Waals surface area contributed by atoms with E-state index in [1.807, 2.05) is 30.3 Å². The molecule has 0 atom stereocenters. The summed E-state index contributed by atoms with van der Waals surface area (Å²) in [5, 5.41) is 0. The molecule has 2 heteroatoms. The van der Waals surface area contributed by atoms with E-state index in [0.29, 0.717) is 0 Å². The van der Waals surface area contributed by atoms with Gasteiger partial charge in [-0.15, -0.1) is 4.43 Å². The molecular formula is C7H8AlF. The fourth-order valence-electron chi connectivity index (χ4n) is 0.754. The lowest BCUT2D eigenvalue weighted by atomic mass is 10.4. The van der Waals surface area contributed by atoms with Crippen molar-refractivity contribution in [3.63, 3.8) is 0 Å². The van der Waals surface area contributed by atoms with Crippen LogP contribution in [0.1, 0.15) is 0 Å². The number of hydrogen-bond donors (Lipinski definition) is 0. The fraction of sp³-hybridized carbons (Fsp3) is 0.143. The van der Waals surface area contributed by atoms with Crippen LogP contribution in [0.15, 0.2) is 30.3 Å². The van der Waals surface area contributed by atoms with Crippen molar-refractivity contribution in [2.75, 3.05) is 5.54 Å². The first-order valence-corrected chi connectivity index (χ1v) is 4.74. The van der Waals surface area contributed by atoms with Crippen LogP contribution in [0.25, 0.3) is 0 Å². The maximum atomic E-state index is 11.7. The molecule has 0 aliphatic rings. The highest BCUT2D eigenvalue weighted by Gasteiger charge is 1.92. The van der Waals surface area contributed by atoms with E-state index < -0.39 is 15.2 Å². The van der Waals surface area contributed by atoms with Gasteiger partial charge in [0.05, 0.1) is 0 Å². The van der Waals surface area contributed by atoms with Crippen LogP contribution in [0.4, 0.5) is 4.39 Å². The molecule has 0 saturated heterocycles. The maximum absolute atomic E-state index is 11.7. The lowest BCUT2D eigenvalue weighted by Crippen LogP contribution is -2.14. The van der Waals surface area contributed by atoms with Gasteiger partial charge in [-0.25, -0.2) is 0 Å². The third-order valence-corrected chi connectivity index (χ3v) is 2.46. The minimum atomic E-state index is -0.568. The number of rotatable bonds is 2. The molecule has 0 aliphatic heterocycles. The molecule has 1 aromatic rings. The normalized spacial score (nSPS) is 9.00. The standard InChI is InChI=1S/C6H5.CH2F.Al.H/c1-2-4-6-5-3-1;1-2;;/h1-5H;1H2;;. The summed E-state index contributed by atoms with van der Waals surface area (Å²) in [6, 6.07) is 9.85. The SMILES string of the molecule is F[CH2][AlH][c]1ccccc1. The molecule has 1 aromatic carbocycles. The van der Waals surface area contributed by atoms with Gasteiger partial charge >= 0.3 is 15.2 Å². The average molecular weight is 138 g/mol. The summed E-state index contributed by atoms with van der Waals surface area (Å²) < 4.78 is 12.9. The zero-order chi connectivity index (χ0) is 6.53. The minimum absolute atomic E-state index is 0.121. The molecule has 0 nitrogen and oxygen atoms in total. The second-order valence-electron chi connectivity index (χ2n) is 1.92. The van der Waals surface area contributed by atoms with Crippen LogP contribution in [0, 0.1) is 0 Å². The van der Waals surface area contributed by atoms with Crippen LogP contribution >= 0.6 is 0 Å². The highest BCUT2D eigenvalue weighted by atomic mass is 27.1. The van der Waals surface area contributed by atoms with E-state index in [4.69, 9.17) is 0 Å². The smallest absolute Gasteiger partial charge is 0.268 e. The summed E-state index contributed by atoms with van der Waals surface area (Å²) in [5.41, 5.74) is -0.121. The molecule has 46 valence electrons. The van der Waals surface area contributed by atoms with Crippen LogP contribution in [0.2, 0.25) is 0 Å². The van der Waals surface area contributed by atoms with E-state index in [9.17, 15) is 4.39 Å². The third kappa shape index (κ3) is 2.17. The summed E-state index contributed by atoms with van der Waals surface area (Å²) in [7, 11) is 0. The monoisotopic (exact) mass is 138 g/mol. The Labute approximate surface area is 60.4 Å². The molecule has 0 amide bonds. The number of alkyl halides is 1. The number of hydrogen-bond acceptors (Lipinski definition) is 0. The molecule has 1 rings (SSSR count). The Morgan fingerprint density at radius 1 is 1.22 bits per heavy atom. The molecule has 0 fully saturated rings. The van der Waals surface area contributed by atoms with Crippen molar-refractivity contribution in [2.24, 2.45) is 0 Å². The van der Waals surface area contributed by atoms with Crippen molar-refractivity contribution >= 4 is 19.6 Å². The summed E-state index contributed by atoms with van der Waals surface area (Å²) in [4.78, 5) is 0. The first-order chi connectivity index (χ1) is 4.43. The van der Waals surface area contributed by atoms with Crippen molar-refractivity contribution in [2.45, 2.75) is 0 Å². The van der Waals surface area contributed by atoms with E-state index in [1.54, 1.807) is 0 Å². The third-order valence-electron chi connectivity index (χ3n) is 1.23. The van der Waals surface area contributed by atoms with Crippen LogP contribution < -0.4 is 4.43 Å². The highest BCUT2D eigenvalue weighted by molar-refractivity contribution is 6.53. The quantitative estimate of drug-likeness (QED) is 0.527. The molecule has 0 radical (unpaired) electrons. The highest BCUT2D eigenvalue weighted by Crippen LogP contribution is 1.80. The zero-order valence-electron chi connectivity index (χ0n) is 5.18. The molecule has 0 unspecified atom stereocenters. The molecular weight excluding hydrogens is 130 g/mol. The topological polar surface area (TPSA) is 0 Å². The second kappa shape index (κ2) is 3.66. The molecule has 0 N–H and O–H groups in total. The molecule has 0 saturated carbocycles. The maximum Gasteiger partial charge on any atom is 0.328 e. The van der Waals surface area contributed by atoms with E-state index in [0.717, 1.165) is 0 Å². The van der Waals surface area contributed by atoms with Gasteiger partial charge in [0.2, 0.25) is 0 Å². The summed E-state index contributed by atoms with van der Waals surface area (Å²) in [6.45, 7) is 0. The fourth-order valence-corrected chi connectivity index (χ4v) is 1.58. The summed E-state index contributed by atoms with van der Waals surface area (Å²) in [5.74, 6) is 0. The summed E-state index contributed by atoms with van der Waals surface area (Å²) in [6.07, 6.45) is 0. The molecule has 0 spiro atoms. The van der Waals surface area contributed by atoms with Crippen LogP contribution in [0.5, 0.6) is 0 Å². The van der Waals surface area contributed by atoms with Gasteiger partial charge in [-0.2, -0.15) is 0 Å². The largest absolute Gasteiger partial charge is 0.328 e. The number of benzene rings is 1. The molecule has 0 heterocycles. The lowest BCUT2D eigenvalue weighted by molar-refractivity contribution is 0.595. The minimum Gasteiger partial charge on any atom is -0.268 e. The predicted molar refractivity (Wildman–Crippen MR) is 39.2 cm³/mol.